The Kier molecular flexibility index (Phi) is 8.39. The number of anilines is 3. The second-order valence-corrected chi connectivity index (χ2v) is 17.1. The van der Waals surface area contributed by atoms with E-state index in [2.05, 4.69) is 215 Å². The summed E-state index contributed by atoms with van der Waals surface area (Å²) < 4.78 is 6.15. The normalized spacial score (nSPS) is 12.9. The van der Waals surface area contributed by atoms with E-state index in [9.17, 15) is 0 Å². The van der Waals surface area contributed by atoms with E-state index in [1.807, 2.05) is 12.1 Å². The second-order valence-electron chi connectivity index (χ2n) is 17.1. The smallest absolute Gasteiger partial charge is 0.135 e. The van der Waals surface area contributed by atoms with Gasteiger partial charge < -0.3 is 9.32 Å². The zero-order chi connectivity index (χ0) is 40.5. The number of benzene rings is 9. The third-order valence-corrected chi connectivity index (χ3v) is 12.8. The Balaban J connectivity index is 1.04. The van der Waals surface area contributed by atoms with Gasteiger partial charge in [0.1, 0.15) is 11.2 Å². The molecule has 288 valence electrons. The minimum absolute atomic E-state index is 0.134. The first kappa shape index (κ1) is 36.0. The molecule has 0 N–H and O–H groups in total. The highest BCUT2D eigenvalue weighted by Gasteiger charge is 2.37. The molecule has 60 heavy (non-hydrogen) atoms. The molecule has 0 spiro atoms. The molecule has 0 unspecified atom stereocenters. The first-order valence-corrected chi connectivity index (χ1v) is 21.1. The van der Waals surface area contributed by atoms with Gasteiger partial charge in [-0.05, 0) is 145 Å². The number of hydrogen-bond donors (Lipinski definition) is 0. The monoisotopic (exact) mass is 771 g/mol. The lowest BCUT2D eigenvalue weighted by atomic mass is 9.81. The molecule has 9 aromatic carbocycles. The van der Waals surface area contributed by atoms with Crippen molar-refractivity contribution >= 4 is 49.8 Å². The van der Waals surface area contributed by atoms with Gasteiger partial charge in [-0.1, -0.05) is 155 Å². The first-order chi connectivity index (χ1) is 29.3. The highest BCUT2D eigenvalue weighted by Crippen LogP contribution is 2.53. The van der Waals surface area contributed by atoms with Crippen molar-refractivity contribution in [2.45, 2.75) is 39.0 Å². The van der Waals surface area contributed by atoms with E-state index < -0.39 is 0 Å². The quantitative estimate of drug-likeness (QED) is 0.160. The molecule has 1 heterocycles. The SMILES string of the molecule is CC(C)c1cccc2c1-c1ccc(N(c3ccc(-c4ccc5oc6ccccc6c5c4)cc3)c3ccc(-c4cc5ccccc5cc4-c4ccccc4)cc3)cc1C2(C)C. The van der Waals surface area contributed by atoms with Crippen LogP contribution < -0.4 is 4.90 Å². The van der Waals surface area contributed by atoms with E-state index in [1.54, 1.807) is 0 Å². The van der Waals surface area contributed by atoms with Crippen molar-refractivity contribution in [3.8, 4) is 44.5 Å². The third-order valence-electron chi connectivity index (χ3n) is 12.8. The number of rotatable bonds is 7. The van der Waals surface area contributed by atoms with E-state index in [4.69, 9.17) is 4.42 Å². The predicted molar refractivity (Wildman–Crippen MR) is 254 cm³/mol. The number of hydrogen-bond acceptors (Lipinski definition) is 2. The molecule has 0 fully saturated rings. The van der Waals surface area contributed by atoms with Gasteiger partial charge in [0, 0.05) is 33.2 Å². The summed E-state index contributed by atoms with van der Waals surface area (Å²) in [4.78, 5) is 2.42. The van der Waals surface area contributed by atoms with Crippen LogP contribution in [0.15, 0.2) is 199 Å². The maximum Gasteiger partial charge on any atom is 0.135 e. The molecule has 1 aliphatic carbocycles. The van der Waals surface area contributed by atoms with Crippen molar-refractivity contribution in [1.29, 1.82) is 0 Å². The summed E-state index contributed by atoms with van der Waals surface area (Å²) in [5, 5.41) is 4.76. The van der Waals surface area contributed by atoms with Crippen LogP contribution in [0.3, 0.4) is 0 Å². The highest BCUT2D eigenvalue weighted by molar-refractivity contribution is 6.06. The standard InChI is InChI=1S/C58H45NO/c1-37(2)47-18-12-19-53-57(47)49-31-30-46(36-54(49)58(53,3)4)59(44-26-21-38(22-27-44)43-25-32-56-52(35-43)48-17-10-11-20-55(48)60-56)45-28-23-40(24-29-45)51-34-42-16-9-8-15-41(42)33-50(51)39-13-6-5-7-14-39/h5-37H,1-4H3. The molecule has 0 saturated heterocycles. The molecule has 0 aliphatic heterocycles. The molecule has 0 radical (unpaired) electrons. The van der Waals surface area contributed by atoms with Gasteiger partial charge in [-0.3, -0.25) is 0 Å². The summed E-state index contributed by atoms with van der Waals surface area (Å²) in [5.41, 5.74) is 19.2. The molecule has 0 amide bonds. The number of furan rings is 1. The second kappa shape index (κ2) is 14.0. The summed E-state index contributed by atoms with van der Waals surface area (Å²) in [6, 6.07) is 71.1. The summed E-state index contributed by atoms with van der Waals surface area (Å²) in [6.45, 7) is 9.38. The molecular weight excluding hydrogens is 727 g/mol. The summed E-state index contributed by atoms with van der Waals surface area (Å²) >= 11 is 0. The Hall–Kier alpha value is -7.16. The summed E-state index contributed by atoms with van der Waals surface area (Å²) in [6.07, 6.45) is 0. The van der Waals surface area contributed by atoms with E-state index in [0.717, 1.165) is 44.6 Å². The average molecular weight is 772 g/mol. The van der Waals surface area contributed by atoms with E-state index in [-0.39, 0.29) is 5.41 Å². The third kappa shape index (κ3) is 5.86. The van der Waals surface area contributed by atoms with Gasteiger partial charge in [-0.15, -0.1) is 0 Å². The zero-order valence-electron chi connectivity index (χ0n) is 34.4. The molecule has 2 nitrogen and oxygen atoms in total. The molecule has 0 atom stereocenters. The fourth-order valence-corrected chi connectivity index (χ4v) is 9.71. The number of nitrogens with zero attached hydrogens (tertiary/aromatic N) is 1. The molecule has 1 aliphatic rings. The summed E-state index contributed by atoms with van der Waals surface area (Å²) in [5.74, 6) is 0.438. The van der Waals surface area contributed by atoms with Crippen LogP contribution in [0.1, 0.15) is 50.3 Å². The van der Waals surface area contributed by atoms with Crippen LogP contribution in [0.2, 0.25) is 0 Å². The lowest BCUT2D eigenvalue weighted by Crippen LogP contribution is -2.16. The highest BCUT2D eigenvalue weighted by atomic mass is 16.3. The maximum atomic E-state index is 6.15. The maximum absolute atomic E-state index is 6.15. The number of para-hydroxylation sites is 1. The fourth-order valence-electron chi connectivity index (χ4n) is 9.71. The van der Waals surface area contributed by atoms with Gasteiger partial charge >= 0.3 is 0 Å². The van der Waals surface area contributed by atoms with Crippen LogP contribution in [0.25, 0.3) is 77.2 Å². The van der Waals surface area contributed by atoms with Crippen molar-refractivity contribution in [3.63, 3.8) is 0 Å². The minimum atomic E-state index is -0.134. The molecule has 0 bridgehead atoms. The first-order valence-electron chi connectivity index (χ1n) is 21.1. The van der Waals surface area contributed by atoms with Crippen molar-refractivity contribution in [3.05, 3.63) is 211 Å². The Morgan fingerprint density at radius 1 is 0.417 bits per heavy atom. The van der Waals surface area contributed by atoms with Crippen LogP contribution >= 0.6 is 0 Å². The number of fused-ring (bicyclic) bond motifs is 7. The van der Waals surface area contributed by atoms with Gasteiger partial charge in [-0.25, -0.2) is 0 Å². The van der Waals surface area contributed by atoms with Crippen molar-refractivity contribution in [2.75, 3.05) is 4.90 Å². The van der Waals surface area contributed by atoms with Crippen molar-refractivity contribution in [1.82, 2.24) is 0 Å². The van der Waals surface area contributed by atoms with Crippen molar-refractivity contribution in [2.24, 2.45) is 0 Å². The van der Waals surface area contributed by atoms with Crippen LogP contribution in [0, 0.1) is 0 Å². The van der Waals surface area contributed by atoms with E-state index in [0.29, 0.717) is 5.92 Å². The van der Waals surface area contributed by atoms with Crippen LogP contribution in [0.4, 0.5) is 17.1 Å². The minimum Gasteiger partial charge on any atom is -0.456 e. The van der Waals surface area contributed by atoms with Gasteiger partial charge in [0.15, 0.2) is 0 Å². The molecular formula is C58H45NO. The molecule has 2 heteroatoms. The lowest BCUT2D eigenvalue weighted by Gasteiger charge is -2.28. The topological polar surface area (TPSA) is 16.4 Å². The average Bonchev–Trinajstić information content (AvgIpc) is 3.78. The zero-order valence-corrected chi connectivity index (χ0v) is 34.4. The van der Waals surface area contributed by atoms with Gasteiger partial charge in [-0.2, -0.15) is 0 Å². The fraction of sp³-hybridized carbons (Fsp3) is 0.103. The molecule has 11 rings (SSSR count). The predicted octanol–water partition coefficient (Wildman–Crippen LogP) is 16.6. The van der Waals surface area contributed by atoms with E-state index in [1.165, 1.54) is 66.4 Å². The Bertz CT molecular complexity index is 3240. The largest absolute Gasteiger partial charge is 0.456 e. The molecule has 0 saturated carbocycles. The Morgan fingerprint density at radius 2 is 1.00 bits per heavy atom. The van der Waals surface area contributed by atoms with Crippen LogP contribution in [0.5, 0.6) is 0 Å². The van der Waals surface area contributed by atoms with Gasteiger partial charge in [0.05, 0.1) is 0 Å². The molecule has 10 aromatic rings. The van der Waals surface area contributed by atoms with Gasteiger partial charge in [0.2, 0.25) is 0 Å². The van der Waals surface area contributed by atoms with E-state index >= 15 is 0 Å². The van der Waals surface area contributed by atoms with Crippen molar-refractivity contribution < 1.29 is 4.42 Å². The van der Waals surface area contributed by atoms with Crippen LogP contribution in [-0.4, -0.2) is 0 Å². The Labute approximate surface area is 352 Å². The summed E-state index contributed by atoms with van der Waals surface area (Å²) in [7, 11) is 0. The lowest BCUT2D eigenvalue weighted by molar-refractivity contribution is 0.659. The van der Waals surface area contributed by atoms with Gasteiger partial charge in [0.25, 0.3) is 0 Å². The molecule has 1 aromatic heterocycles. The van der Waals surface area contributed by atoms with Crippen LogP contribution in [-0.2, 0) is 5.41 Å². The Morgan fingerprint density at radius 3 is 1.70 bits per heavy atom.